The summed E-state index contributed by atoms with van der Waals surface area (Å²) in [6.07, 6.45) is 3.75. The predicted molar refractivity (Wildman–Crippen MR) is 107 cm³/mol. The third-order valence-corrected chi connectivity index (χ3v) is 6.53. The van der Waals surface area contributed by atoms with Gasteiger partial charge in [-0.2, -0.15) is 0 Å². The van der Waals surface area contributed by atoms with E-state index in [9.17, 15) is 9.18 Å². The van der Waals surface area contributed by atoms with Crippen molar-refractivity contribution in [2.75, 3.05) is 0 Å². The number of imidazole rings is 1. The van der Waals surface area contributed by atoms with E-state index in [1.807, 2.05) is 24.4 Å². The average Bonchev–Trinajstić information content (AvgIpc) is 3.27. The SMILES string of the molecule is Cc1nc2c(F)cccn2c1-c1csc(C2(c3ccc(C(=O)NO)cc3)CC2)n1. The number of fused-ring (bicyclic) bond motifs is 1. The monoisotopic (exact) mass is 408 g/mol. The van der Waals surface area contributed by atoms with Crippen molar-refractivity contribution in [3.05, 3.63) is 75.6 Å². The van der Waals surface area contributed by atoms with Crippen LogP contribution in [0.15, 0.2) is 48.0 Å². The molecular weight excluding hydrogens is 391 g/mol. The summed E-state index contributed by atoms with van der Waals surface area (Å²) in [5, 5.41) is 11.8. The first-order valence-corrected chi connectivity index (χ1v) is 10.1. The molecule has 1 fully saturated rings. The number of carbonyl (C=O) groups excluding carboxylic acids is 1. The number of aromatic nitrogens is 3. The number of halogens is 1. The highest BCUT2D eigenvalue weighted by Crippen LogP contribution is 2.54. The van der Waals surface area contributed by atoms with Gasteiger partial charge in [-0.15, -0.1) is 11.3 Å². The molecule has 0 spiro atoms. The molecule has 0 aliphatic heterocycles. The topological polar surface area (TPSA) is 79.5 Å². The summed E-state index contributed by atoms with van der Waals surface area (Å²) in [6.45, 7) is 1.86. The van der Waals surface area contributed by atoms with Gasteiger partial charge in [0.05, 0.1) is 11.4 Å². The van der Waals surface area contributed by atoms with Gasteiger partial charge >= 0.3 is 0 Å². The molecule has 0 atom stereocenters. The van der Waals surface area contributed by atoms with Gasteiger partial charge in [0.15, 0.2) is 11.5 Å². The zero-order valence-electron chi connectivity index (χ0n) is 15.5. The van der Waals surface area contributed by atoms with Gasteiger partial charge in [0.1, 0.15) is 10.7 Å². The van der Waals surface area contributed by atoms with Crippen molar-refractivity contribution in [3.8, 4) is 11.4 Å². The van der Waals surface area contributed by atoms with E-state index in [0.29, 0.717) is 11.2 Å². The second-order valence-corrected chi connectivity index (χ2v) is 8.09. The first-order valence-electron chi connectivity index (χ1n) is 9.18. The maximum absolute atomic E-state index is 14.1. The third-order valence-electron chi connectivity index (χ3n) is 5.48. The lowest BCUT2D eigenvalue weighted by atomic mass is 9.95. The summed E-state index contributed by atoms with van der Waals surface area (Å²) in [7, 11) is 0. The summed E-state index contributed by atoms with van der Waals surface area (Å²) in [5.41, 5.74) is 5.59. The summed E-state index contributed by atoms with van der Waals surface area (Å²) >= 11 is 1.58. The normalized spacial score (nSPS) is 14.9. The molecule has 3 aromatic heterocycles. The zero-order valence-corrected chi connectivity index (χ0v) is 16.3. The standard InChI is InChI=1S/C21H17FN4O2S/c1-12-17(26-10-2-3-15(22)18(26)23-12)16-11-29-20(24-16)21(8-9-21)14-6-4-13(5-7-14)19(27)25-28/h2-7,10-11,28H,8-9H2,1H3,(H,25,27). The lowest BCUT2D eigenvalue weighted by Gasteiger charge is -2.13. The number of rotatable bonds is 4. The number of benzene rings is 1. The van der Waals surface area contributed by atoms with Gasteiger partial charge in [-0.25, -0.2) is 19.8 Å². The third kappa shape index (κ3) is 2.75. The molecule has 0 unspecified atom stereocenters. The Kier molecular flexibility index (Phi) is 4.01. The van der Waals surface area contributed by atoms with E-state index in [0.717, 1.165) is 40.5 Å². The number of nitrogens with one attached hydrogen (secondary N) is 1. The molecule has 1 aromatic carbocycles. The van der Waals surface area contributed by atoms with E-state index in [2.05, 4.69) is 4.98 Å². The molecule has 0 bridgehead atoms. The van der Waals surface area contributed by atoms with Crippen LogP contribution in [-0.4, -0.2) is 25.5 Å². The Balaban J connectivity index is 1.53. The van der Waals surface area contributed by atoms with Gasteiger partial charge in [-0.05, 0) is 49.6 Å². The van der Waals surface area contributed by atoms with Gasteiger partial charge in [-0.1, -0.05) is 12.1 Å². The number of hydroxylamine groups is 1. The fourth-order valence-corrected chi connectivity index (χ4v) is 4.90. The number of aryl methyl sites for hydroxylation is 1. The molecule has 0 saturated heterocycles. The highest BCUT2D eigenvalue weighted by molar-refractivity contribution is 7.10. The van der Waals surface area contributed by atoms with Crippen LogP contribution in [-0.2, 0) is 5.41 Å². The van der Waals surface area contributed by atoms with Crippen LogP contribution in [0.4, 0.5) is 4.39 Å². The molecule has 0 radical (unpaired) electrons. The molecule has 146 valence electrons. The molecule has 2 N–H and O–H groups in total. The van der Waals surface area contributed by atoms with Crippen LogP contribution in [0, 0.1) is 12.7 Å². The molecule has 1 aliphatic carbocycles. The van der Waals surface area contributed by atoms with Crippen LogP contribution in [0.25, 0.3) is 17.0 Å². The molecule has 1 amide bonds. The minimum absolute atomic E-state index is 0.156. The maximum Gasteiger partial charge on any atom is 0.274 e. The number of pyridine rings is 1. The fourth-order valence-electron chi connectivity index (χ4n) is 3.81. The summed E-state index contributed by atoms with van der Waals surface area (Å²) in [4.78, 5) is 20.8. The summed E-state index contributed by atoms with van der Waals surface area (Å²) in [6, 6.07) is 10.3. The van der Waals surface area contributed by atoms with Crippen LogP contribution >= 0.6 is 11.3 Å². The number of hydrogen-bond acceptors (Lipinski definition) is 5. The molecule has 1 aliphatic rings. The maximum atomic E-state index is 14.1. The lowest BCUT2D eigenvalue weighted by Crippen LogP contribution is -2.18. The molecule has 1 saturated carbocycles. The molecule has 5 rings (SSSR count). The fraction of sp³-hybridized carbons (Fsp3) is 0.190. The second-order valence-electron chi connectivity index (χ2n) is 7.23. The van der Waals surface area contributed by atoms with E-state index in [4.69, 9.17) is 10.2 Å². The smallest absolute Gasteiger partial charge is 0.274 e. The first kappa shape index (κ1) is 18.0. The van der Waals surface area contributed by atoms with E-state index in [-0.39, 0.29) is 11.2 Å². The molecular formula is C21H17FN4O2S. The first-order chi connectivity index (χ1) is 14.0. The Morgan fingerprint density at radius 1 is 1.24 bits per heavy atom. The zero-order chi connectivity index (χ0) is 20.2. The van der Waals surface area contributed by atoms with E-state index < -0.39 is 5.91 Å². The van der Waals surface area contributed by atoms with Crippen molar-refractivity contribution in [3.63, 3.8) is 0 Å². The molecule has 4 aromatic rings. The van der Waals surface area contributed by atoms with Crippen molar-refractivity contribution in [2.24, 2.45) is 0 Å². The van der Waals surface area contributed by atoms with Crippen LogP contribution in [0.3, 0.4) is 0 Å². The van der Waals surface area contributed by atoms with E-state index in [1.54, 1.807) is 45.6 Å². The number of amides is 1. The highest BCUT2D eigenvalue weighted by Gasteiger charge is 2.48. The molecule has 6 nitrogen and oxygen atoms in total. The number of carbonyl (C=O) groups is 1. The van der Waals surface area contributed by atoms with Gasteiger partial charge < -0.3 is 0 Å². The van der Waals surface area contributed by atoms with Crippen molar-refractivity contribution in [1.29, 1.82) is 0 Å². The van der Waals surface area contributed by atoms with Gasteiger partial charge in [-0.3, -0.25) is 14.4 Å². The Morgan fingerprint density at radius 2 is 2.00 bits per heavy atom. The average molecular weight is 408 g/mol. The quantitative estimate of drug-likeness (QED) is 0.394. The Hall–Kier alpha value is -3.10. The minimum atomic E-state index is -0.534. The van der Waals surface area contributed by atoms with Crippen LogP contribution in [0.5, 0.6) is 0 Å². The second kappa shape index (κ2) is 6.47. The summed E-state index contributed by atoms with van der Waals surface area (Å²) in [5.74, 6) is -0.892. The summed E-state index contributed by atoms with van der Waals surface area (Å²) < 4.78 is 15.8. The predicted octanol–water partition coefficient (Wildman–Crippen LogP) is 4.10. The highest BCUT2D eigenvalue weighted by atomic mass is 32.1. The van der Waals surface area contributed by atoms with E-state index >= 15 is 0 Å². The van der Waals surface area contributed by atoms with Crippen LogP contribution in [0.2, 0.25) is 0 Å². The lowest BCUT2D eigenvalue weighted by molar-refractivity contribution is 0.0706. The molecule has 3 heterocycles. The van der Waals surface area contributed by atoms with Crippen molar-refractivity contribution in [1.82, 2.24) is 19.8 Å². The van der Waals surface area contributed by atoms with Gasteiger partial charge in [0.2, 0.25) is 0 Å². The Bertz CT molecular complexity index is 1240. The Morgan fingerprint density at radius 3 is 2.69 bits per heavy atom. The van der Waals surface area contributed by atoms with Crippen molar-refractivity contribution < 1.29 is 14.4 Å². The Labute approximate surface area is 169 Å². The molecule has 29 heavy (non-hydrogen) atoms. The van der Waals surface area contributed by atoms with Crippen LogP contribution in [0.1, 0.15) is 39.5 Å². The number of hydrogen-bond donors (Lipinski definition) is 2. The van der Waals surface area contributed by atoms with Crippen molar-refractivity contribution >= 4 is 22.9 Å². The van der Waals surface area contributed by atoms with Crippen molar-refractivity contribution in [2.45, 2.75) is 25.2 Å². The van der Waals surface area contributed by atoms with E-state index in [1.165, 1.54) is 6.07 Å². The number of nitrogens with zero attached hydrogens (tertiary/aromatic N) is 3. The van der Waals surface area contributed by atoms with Gasteiger partial charge in [0.25, 0.3) is 5.91 Å². The molecule has 8 heteroatoms. The minimum Gasteiger partial charge on any atom is -0.295 e. The van der Waals surface area contributed by atoms with Crippen LogP contribution < -0.4 is 5.48 Å². The van der Waals surface area contributed by atoms with Gasteiger partial charge in [0, 0.05) is 22.6 Å². The largest absolute Gasteiger partial charge is 0.295 e. The number of thiazole rings is 1.